The highest BCUT2D eigenvalue weighted by Crippen LogP contribution is 2.38. The van der Waals surface area contributed by atoms with Gasteiger partial charge in [0.25, 0.3) is 0 Å². The van der Waals surface area contributed by atoms with Crippen molar-refractivity contribution >= 4 is 0 Å². The first kappa shape index (κ1) is 13.6. The van der Waals surface area contributed by atoms with Crippen molar-refractivity contribution in [3.8, 4) is 0 Å². The molecule has 2 rings (SSSR count). The second kappa shape index (κ2) is 5.04. The minimum atomic E-state index is 0.485. The molecule has 102 valence electrons. The Morgan fingerprint density at radius 1 is 1.44 bits per heavy atom. The smallest absolute Gasteiger partial charge is 0.0537 e. The van der Waals surface area contributed by atoms with Crippen LogP contribution in [0.5, 0.6) is 0 Å². The van der Waals surface area contributed by atoms with E-state index in [9.17, 15) is 0 Å². The highest BCUT2D eigenvalue weighted by atomic mass is 15.3. The molecule has 0 bridgehead atoms. The second-order valence-corrected chi connectivity index (χ2v) is 6.87. The minimum Gasteiger partial charge on any atom is -0.310 e. The van der Waals surface area contributed by atoms with Gasteiger partial charge in [0.15, 0.2) is 0 Å². The molecule has 0 aliphatic heterocycles. The summed E-state index contributed by atoms with van der Waals surface area (Å²) in [4.78, 5) is 0. The highest BCUT2D eigenvalue weighted by Gasteiger charge is 2.31. The van der Waals surface area contributed by atoms with E-state index in [-0.39, 0.29) is 0 Å². The lowest BCUT2D eigenvalue weighted by Crippen LogP contribution is -2.39. The first-order valence-corrected chi connectivity index (χ1v) is 7.08. The molecule has 3 nitrogen and oxygen atoms in total. The molecule has 0 saturated heterocycles. The maximum absolute atomic E-state index is 4.30. The van der Waals surface area contributed by atoms with E-state index in [2.05, 4.69) is 38.1 Å². The highest BCUT2D eigenvalue weighted by molar-refractivity contribution is 5.15. The van der Waals surface area contributed by atoms with Crippen molar-refractivity contribution in [1.29, 1.82) is 0 Å². The topological polar surface area (TPSA) is 29.9 Å². The Balaban J connectivity index is 1.92. The van der Waals surface area contributed by atoms with Crippen LogP contribution in [0, 0.1) is 18.3 Å². The number of hydrogen-bond acceptors (Lipinski definition) is 2. The van der Waals surface area contributed by atoms with E-state index in [0.29, 0.717) is 11.5 Å². The summed E-state index contributed by atoms with van der Waals surface area (Å²) in [6, 6.07) is 0.656. The molecular formula is C15H27N3. The van der Waals surface area contributed by atoms with E-state index in [4.69, 9.17) is 0 Å². The third-order valence-electron chi connectivity index (χ3n) is 4.31. The van der Waals surface area contributed by atoms with Gasteiger partial charge in [-0.25, -0.2) is 0 Å². The summed E-state index contributed by atoms with van der Waals surface area (Å²) < 4.78 is 1.95. The zero-order chi connectivity index (χ0) is 13.3. The van der Waals surface area contributed by atoms with Crippen molar-refractivity contribution in [3.05, 3.63) is 17.5 Å². The summed E-state index contributed by atoms with van der Waals surface area (Å²) in [5.41, 5.74) is 3.08. The molecule has 0 radical (unpaired) electrons. The lowest BCUT2D eigenvalue weighted by molar-refractivity contribution is 0.151. The van der Waals surface area contributed by atoms with Crippen molar-refractivity contribution in [2.45, 2.75) is 59.5 Å². The third kappa shape index (κ3) is 3.14. The summed E-state index contributed by atoms with van der Waals surface area (Å²) in [5, 5.41) is 8.02. The SMILES string of the molecule is Cc1c(CNC2CC(C)CC(C)(C)C2)cnn1C. The molecule has 1 aromatic heterocycles. The standard InChI is InChI=1S/C15H27N3/c1-11-6-14(8-15(3,4)7-11)16-9-13-10-17-18(5)12(13)2/h10-11,14,16H,6-9H2,1-5H3. The zero-order valence-corrected chi connectivity index (χ0v) is 12.5. The zero-order valence-electron chi connectivity index (χ0n) is 12.5. The van der Waals surface area contributed by atoms with Crippen LogP contribution in [0.3, 0.4) is 0 Å². The molecule has 0 amide bonds. The van der Waals surface area contributed by atoms with Gasteiger partial charge in [-0.3, -0.25) is 4.68 Å². The molecule has 1 aliphatic rings. The van der Waals surface area contributed by atoms with Gasteiger partial charge in [0.1, 0.15) is 0 Å². The van der Waals surface area contributed by atoms with Crippen LogP contribution >= 0.6 is 0 Å². The Kier molecular flexibility index (Phi) is 3.81. The predicted molar refractivity (Wildman–Crippen MR) is 75.4 cm³/mol. The molecule has 2 atom stereocenters. The molecule has 1 heterocycles. The third-order valence-corrected chi connectivity index (χ3v) is 4.31. The number of aryl methyl sites for hydroxylation is 1. The van der Waals surface area contributed by atoms with Crippen LogP contribution in [0.25, 0.3) is 0 Å². The number of hydrogen-bond donors (Lipinski definition) is 1. The Morgan fingerprint density at radius 2 is 2.17 bits per heavy atom. The Labute approximate surface area is 111 Å². The number of nitrogens with one attached hydrogen (secondary N) is 1. The average Bonchev–Trinajstić information content (AvgIpc) is 2.54. The van der Waals surface area contributed by atoms with Crippen LogP contribution in [0.2, 0.25) is 0 Å². The summed E-state index contributed by atoms with van der Waals surface area (Å²) in [6.07, 6.45) is 5.94. The monoisotopic (exact) mass is 249 g/mol. The van der Waals surface area contributed by atoms with Gasteiger partial charge in [-0.2, -0.15) is 5.10 Å². The van der Waals surface area contributed by atoms with Crippen molar-refractivity contribution < 1.29 is 0 Å². The van der Waals surface area contributed by atoms with Crippen LogP contribution in [0.4, 0.5) is 0 Å². The van der Waals surface area contributed by atoms with Crippen LogP contribution in [0.15, 0.2) is 6.20 Å². The van der Waals surface area contributed by atoms with Crippen molar-refractivity contribution in [2.24, 2.45) is 18.4 Å². The maximum Gasteiger partial charge on any atom is 0.0537 e. The van der Waals surface area contributed by atoms with Gasteiger partial charge in [0, 0.05) is 30.9 Å². The molecule has 1 fully saturated rings. The maximum atomic E-state index is 4.30. The Bertz CT molecular complexity index is 406. The lowest BCUT2D eigenvalue weighted by atomic mass is 9.70. The van der Waals surface area contributed by atoms with Crippen molar-refractivity contribution in [3.63, 3.8) is 0 Å². The average molecular weight is 249 g/mol. The first-order chi connectivity index (χ1) is 8.37. The van der Waals surface area contributed by atoms with E-state index in [0.717, 1.165) is 12.5 Å². The molecule has 0 aromatic carbocycles. The minimum absolute atomic E-state index is 0.485. The van der Waals surface area contributed by atoms with Crippen LogP contribution in [-0.2, 0) is 13.6 Å². The number of nitrogens with zero attached hydrogens (tertiary/aromatic N) is 2. The quantitative estimate of drug-likeness (QED) is 0.892. The first-order valence-electron chi connectivity index (χ1n) is 7.08. The molecule has 1 aliphatic carbocycles. The normalized spacial score (nSPS) is 27.4. The summed E-state index contributed by atoms with van der Waals surface area (Å²) in [7, 11) is 2.00. The van der Waals surface area contributed by atoms with Gasteiger partial charge in [0.05, 0.1) is 6.20 Å². The van der Waals surface area contributed by atoms with Crippen LogP contribution < -0.4 is 5.32 Å². The van der Waals surface area contributed by atoms with E-state index < -0.39 is 0 Å². The van der Waals surface area contributed by atoms with E-state index in [1.54, 1.807) is 0 Å². The van der Waals surface area contributed by atoms with E-state index in [1.165, 1.54) is 30.5 Å². The fraction of sp³-hybridized carbons (Fsp3) is 0.800. The molecular weight excluding hydrogens is 222 g/mol. The largest absolute Gasteiger partial charge is 0.310 e. The fourth-order valence-corrected chi connectivity index (χ4v) is 3.47. The van der Waals surface area contributed by atoms with E-state index in [1.807, 2.05) is 17.9 Å². The van der Waals surface area contributed by atoms with E-state index >= 15 is 0 Å². The van der Waals surface area contributed by atoms with Crippen molar-refractivity contribution in [1.82, 2.24) is 15.1 Å². The van der Waals surface area contributed by atoms with Gasteiger partial charge in [-0.05, 0) is 37.5 Å². The second-order valence-electron chi connectivity index (χ2n) is 6.87. The van der Waals surface area contributed by atoms with Gasteiger partial charge < -0.3 is 5.32 Å². The van der Waals surface area contributed by atoms with Gasteiger partial charge in [-0.15, -0.1) is 0 Å². The van der Waals surface area contributed by atoms with Crippen LogP contribution in [-0.4, -0.2) is 15.8 Å². The van der Waals surface area contributed by atoms with Crippen molar-refractivity contribution in [2.75, 3.05) is 0 Å². The Morgan fingerprint density at radius 3 is 2.72 bits per heavy atom. The number of aromatic nitrogens is 2. The molecule has 18 heavy (non-hydrogen) atoms. The van der Waals surface area contributed by atoms with Gasteiger partial charge >= 0.3 is 0 Å². The van der Waals surface area contributed by atoms with Gasteiger partial charge in [-0.1, -0.05) is 20.8 Å². The Hall–Kier alpha value is -0.830. The summed E-state index contributed by atoms with van der Waals surface area (Å²) in [6.45, 7) is 10.3. The van der Waals surface area contributed by atoms with Crippen LogP contribution in [0.1, 0.15) is 51.3 Å². The molecule has 1 N–H and O–H groups in total. The molecule has 1 aromatic rings. The summed E-state index contributed by atoms with van der Waals surface area (Å²) in [5.74, 6) is 0.834. The molecule has 0 spiro atoms. The fourth-order valence-electron chi connectivity index (χ4n) is 3.47. The molecule has 2 unspecified atom stereocenters. The number of rotatable bonds is 3. The lowest BCUT2D eigenvalue weighted by Gasteiger charge is -2.39. The predicted octanol–water partition coefficient (Wildman–Crippen LogP) is 3.03. The summed E-state index contributed by atoms with van der Waals surface area (Å²) >= 11 is 0. The molecule has 1 saturated carbocycles. The van der Waals surface area contributed by atoms with Gasteiger partial charge in [0.2, 0.25) is 0 Å². The molecule has 3 heteroatoms.